The molecule has 0 amide bonds. The Balaban J connectivity index is 2.50. The third-order valence-corrected chi connectivity index (χ3v) is 3.57. The Morgan fingerprint density at radius 2 is 2.15 bits per heavy atom. The quantitative estimate of drug-likeness (QED) is 0.763. The number of nitrogens with one attached hydrogen (secondary N) is 1. The molecule has 74 valence electrons. The summed E-state index contributed by atoms with van der Waals surface area (Å²) in [4.78, 5) is 2.95. The summed E-state index contributed by atoms with van der Waals surface area (Å²) in [6.07, 6.45) is 2.36. The van der Waals surface area contributed by atoms with E-state index in [-0.39, 0.29) is 0 Å². The summed E-state index contributed by atoms with van der Waals surface area (Å²) in [5.41, 5.74) is 0. The molecule has 0 radical (unpaired) electrons. The SMILES string of the molecule is CCCNC(C)c1ccc(CC)s1. The first-order valence-corrected chi connectivity index (χ1v) is 5.91. The molecule has 13 heavy (non-hydrogen) atoms. The molecule has 0 bridgehead atoms. The van der Waals surface area contributed by atoms with Crippen LogP contribution >= 0.6 is 11.3 Å². The lowest BCUT2D eigenvalue weighted by atomic mass is 10.2. The third kappa shape index (κ3) is 3.12. The average Bonchev–Trinajstić information content (AvgIpc) is 2.62. The van der Waals surface area contributed by atoms with Crippen molar-refractivity contribution in [2.24, 2.45) is 0 Å². The zero-order valence-corrected chi connectivity index (χ0v) is 9.58. The Hall–Kier alpha value is -0.340. The Bertz CT molecular complexity index is 242. The zero-order chi connectivity index (χ0) is 9.68. The topological polar surface area (TPSA) is 12.0 Å². The van der Waals surface area contributed by atoms with Crippen molar-refractivity contribution < 1.29 is 0 Å². The Labute approximate surface area is 85.2 Å². The van der Waals surface area contributed by atoms with Crippen molar-refractivity contribution in [1.82, 2.24) is 5.32 Å². The first-order chi connectivity index (χ1) is 6.27. The molecule has 0 aromatic carbocycles. The molecule has 0 saturated heterocycles. The van der Waals surface area contributed by atoms with Crippen LogP contribution < -0.4 is 5.32 Å². The van der Waals surface area contributed by atoms with Crippen LogP contribution in [0, 0.1) is 0 Å². The maximum Gasteiger partial charge on any atom is 0.0386 e. The van der Waals surface area contributed by atoms with Gasteiger partial charge in [-0.05, 0) is 38.4 Å². The lowest BCUT2D eigenvalue weighted by Crippen LogP contribution is -2.18. The monoisotopic (exact) mass is 197 g/mol. The van der Waals surface area contributed by atoms with E-state index < -0.39 is 0 Å². The summed E-state index contributed by atoms with van der Waals surface area (Å²) in [5, 5.41) is 3.50. The molecule has 1 heterocycles. The van der Waals surface area contributed by atoms with Gasteiger partial charge in [-0.25, -0.2) is 0 Å². The van der Waals surface area contributed by atoms with E-state index in [1.807, 2.05) is 11.3 Å². The molecule has 0 saturated carbocycles. The van der Waals surface area contributed by atoms with Crippen LogP contribution in [0.15, 0.2) is 12.1 Å². The highest BCUT2D eigenvalue weighted by atomic mass is 32.1. The average molecular weight is 197 g/mol. The summed E-state index contributed by atoms with van der Waals surface area (Å²) in [6.45, 7) is 7.76. The molecular formula is C11H19NS. The molecule has 0 aliphatic heterocycles. The molecule has 1 unspecified atom stereocenters. The predicted molar refractivity (Wildman–Crippen MR) is 60.4 cm³/mol. The van der Waals surface area contributed by atoms with Gasteiger partial charge in [0, 0.05) is 15.8 Å². The highest BCUT2D eigenvalue weighted by Crippen LogP contribution is 2.23. The largest absolute Gasteiger partial charge is 0.309 e. The third-order valence-electron chi connectivity index (χ3n) is 2.16. The first-order valence-electron chi connectivity index (χ1n) is 5.09. The van der Waals surface area contributed by atoms with E-state index in [4.69, 9.17) is 0 Å². The van der Waals surface area contributed by atoms with Gasteiger partial charge in [0.25, 0.3) is 0 Å². The highest BCUT2D eigenvalue weighted by Gasteiger charge is 2.06. The van der Waals surface area contributed by atoms with Gasteiger partial charge in [-0.3, -0.25) is 0 Å². The number of rotatable bonds is 5. The molecule has 2 heteroatoms. The molecule has 0 aliphatic carbocycles. The van der Waals surface area contributed by atoms with Gasteiger partial charge in [0.05, 0.1) is 0 Å². The molecule has 1 rings (SSSR count). The normalized spacial score (nSPS) is 13.2. The molecule has 0 spiro atoms. The molecule has 0 fully saturated rings. The van der Waals surface area contributed by atoms with Gasteiger partial charge >= 0.3 is 0 Å². The molecule has 1 atom stereocenters. The van der Waals surface area contributed by atoms with Crippen molar-refractivity contribution in [3.8, 4) is 0 Å². The predicted octanol–water partition coefficient (Wildman–Crippen LogP) is 3.37. The van der Waals surface area contributed by atoms with Crippen molar-refractivity contribution in [3.63, 3.8) is 0 Å². The lowest BCUT2D eigenvalue weighted by molar-refractivity contribution is 0.578. The van der Waals surface area contributed by atoms with Gasteiger partial charge < -0.3 is 5.32 Å². The Kier molecular flexibility index (Phi) is 4.46. The van der Waals surface area contributed by atoms with Crippen molar-refractivity contribution >= 4 is 11.3 Å². The fraction of sp³-hybridized carbons (Fsp3) is 0.636. The Morgan fingerprint density at radius 1 is 1.38 bits per heavy atom. The number of hydrogen-bond donors (Lipinski definition) is 1. The van der Waals surface area contributed by atoms with Gasteiger partial charge in [0.15, 0.2) is 0 Å². The van der Waals surface area contributed by atoms with E-state index in [2.05, 4.69) is 38.2 Å². The second-order valence-electron chi connectivity index (χ2n) is 3.33. The maximum absolute atomic E-state index is 3.50. The number of thiophene rings is 1. The van der Waals surface area contributed by atoms with Crippen LogP contribution in [0.25, 0.3) is 0 Å². The van der Waals surface area contributed by atoms with Crippen LogP contribution in [0.1, 0.15) is 43.0 Å². The van der Waals surface area contributed by atoms with Gasteiger partial charge in [-0.15, -0.1) is 11.3 Å². The lowest BCUT2D eigenvalue weighted by Gasteiger charge is -2.10. The number of hydrogen-bond acceptors (Lipinski definition) is 2. The summed E-state index contributed by atoms with van der Waals surface area (Å²) in [7, 11) is 0. The summed E-state index contributed by atoms with van der Waals surface area (Å²) >= 11 is 1.93. The van der Waals surface area contributed by atoms with Crippen molar-refractivity contribution in [2.45, 2.75) is 39.7 Å². The summed E-state index contributed by atoms with van der Waals surface area (Å²) in [5.74, 6) is 0. The van der Waals surface area contributed by atoms with Crippen molar-refractivity contribution in [2.75, 3.05) is 6.54 Å². The zero-order valence-electron chi connectivity index (χ0n) is 8.76. The van der Waals surface area contributed by atoms with Crippen molar-refractivity contribution in [1.29, 1.82) is 0 Å². The second kappa shape index (κ2) is 5.40. The smallest absolute Gasteiger partial charge is 0.0386 e. The van der Waals surface area contributed by atoms with Crippen LogP contribution in [0.5, 0.6) is 0 Å². The van der Waals surface area contributed by atoms with Gasteiger partial charge in [0.1, 0.15) is 0 Å². The van der Waals surface area contributed by atoms with Crippen LogP contribution in [0.2, 0.25) is 0 Å². The molecule has 1 aromatic rings. The van der Waals surface area contributed by atoms with Gasteiger partial charge in [-0.1, -0.05) is 13.8 Å². The van der Waals surface area contributed by atoms with Gasteiger partial charge in [0.2, 0.25) is 0 Å². The minimum absolute atomic E-state index is 0.519. The molecule has 1 N–H and O–H groups in total. The van der Waals surface area contributed by atoms with Crippen LogP contribution in [-0.2, 0) is 6.42 Å². The van der Waals surface area contributed by atoms with E-state index in [0.717, 1.165) is 13.0 Å². The fourth-order valence-corrected chi connectivity index (χ4v) is 2.26. The minimum Gasteiger partial charge on any atom is -0.309 e. The van der Waals surface area contributed by atoms with Crippen LogP contribution in [-0.4, -0.2) is 6.54 Å². The van der Waals surface area contributed by atoms with Crippen LogP contribution in [0.4, 0.5) is 0 Å². The van der Waals surface area contributed by atoms with E-state index >= 15 is 0 Å². The van der Waals surface area contributed by atoms with Crippen LogP contribution in [0.3, 0.4) is 0 Å². The molecule has 0 aliphatic rings. The molecule has 1 aromatic heterocycles. The highest BCUT2D eigenvalue weighted by molar-refractivity contribution is 7.12. The fourth-order valence-electron chi connectivity index (χ4n) is 1.28. The number of aryl methyl sites for hydroxylation is 1. The molecule has 1 nitrogen and oxygen atoms in total. The molecular weight excluding hydrogens is 178 g/mol. The van der Waals surface area contributed by atoms with E-state index in [9.17, 15) is 0 Å². The second-order valence-corrected chi connectivity index (χ2v) is 4.53. The van der Waals surface area contributed by atoms with Gasteiger partial charge in [-0.2, -0.15) is 0 Å². The van der Waals surface area contributed by atoms with Crippen molar-refractivity contribution in [3.05, 3.63) is 21.9 Å². The standard InChI is InChI=1S/C11H19NS/c1-4-8-12-9(3)11-7-6-10(5-2)13-11/h6-7,9,12H,4-5,8H2,1-3H3. The van der Waals surface area contributed by atoms with E-state index in [1.165, 1.54) is 16.2 Å². The minimum atomic E-state index is 0.519. The summed E-state index contributed by atoms with van der Waals surface area (Å²) < 4.78 is 0. The van der Waals surface area contributed by atoms with E-state index in [0.29, 0.717) is 6.04 Å². The first kappa shape index (κ1) is 10.7. The van der Waals surface area contributed by atoms with E-state index in [1.54, 1.807) is 0 Å². The summed E-state index contributed by atoms with van der Waals surface area (Å²) in [6, 6.07) is 5.01. The Morgan fingerprint density at radius 3 is 2.69 bits per heavy atom. The maximum atomic E-state index is 3.50.